The SMILES string of the molecule is Cn1cc(C#N)cc1-c1nc(C2CCCC2)no1. The summed E-state index contributed by atoms with van der Waals surface area (Å²) in [4.78, 5) is 4.46. The highest BCUT2D eigenvalue weighted by atomic mass is 16.5. The largest absolute Gasteiger partial charge is 0.345 e. The van der Waals surface area contributed by atoms with Gasteiger partial charge >= 0.3 is 0 Å². The normalized spacial score (nSPS) is 16.0. The van der Waals surface area contributed by atoms with Gasteiger partial charge in [-0.15, -0.1) is 0 Å². The quantitative estimate of drug-likeness (QED) is 0.811. The van der Waals surface area contributed by atoms with Crippen LogP contribution < -0.4 is 0 Å². The summed E-state index contributed by atoms with van der Waals surface area (Å²) >= 11 is 0. The number of rotatable bonds is 2. The Bertz CT molecular complexity index is 599. The van der Waals surface area contributed by atoms with Gasteiger partial charge in [0.25, 0.3) is 5.89 Å². The van der Waals surface area contributed by atoms with E-state index in [9.17, 15) is 0 Å². The molecule has 5 nitrogen and oxygen atoms in total. The second kappa shape index (κ2) is 4.30. The van der Waals surface area contributed by atoms with E-state index in [1.165, 1.54) is 12.8 Å². The van der Waals surface area contributed by atoms with E-state index in [1.807, 2.05) is 11.6 Å². The molecule has 2 heterocycles. The van der Waals surface area contributed by atoms with Crippen LogP contribution in [0, 0.1) is 11.3 Å². The Morgan fingerprint density at radius 2 is 2.22 bits per heavy atom. The predicted molar refractivity (Wildman–Crippen MR) is 64.6 cm³/mol. The lowest BCUT2D eigenvalue weighted by atomic mass is 10.1. The number of nitriles is 1. The van der Waals surface area contributed by atoms with Gasteiger partial charge in [0.1, 0.15) is 11.8 Å². The van der Waals surface area contributed by atoms with Gasteiger partial charge in [-0.2, -0.15) is 10.2 Å². The van der Waals surface area contributed by atoms with Gasteiger partial charge < -0.3 is 9.09 Å². The lowest BCUT2D eigenvalue weighted by molar-refractivity contribution is 0.413. The monoisotopic (exact) mass is 242 g/mol. The number of hydrogen-bond donors (Lipinski definition) is 0. The van der Waals surface area contributed by atoms with Crippen LogP contribution in [0.25, 0.3) is 11.6 Å². The summed E-state index contributed by atoms with van der Waals surface area (Å²) in [5, 5.41) is 12.9. The molecule has 5 heteroatoms. The molecule has 0 radical (unpaired) electrons. The van der Waals surface area contributed by atoms with Crippen molar-refractivity contribution in [3.63, 3.8) is 0 Å². The van der Waals surface area contributed by atoms with Crippen molar-refractivity contribution < 1.29 is 4.52 Å². The second-order valence-corrected chi connectivity index (χ2v) is 4.78. The molecule has 0 aliphatic heterocycles. The number of aryl methyl sites for hydroxylation is 1. The van der Waals surface area contributed by atoms with Gasteiger partial charge in [-0.3, -0.25) is 0 Å². The smallest absolute Gasteiger partial charge is 0.274 e. The summed E-state index contributed by atoms with van der Waals surface area (Å²) in [5.41, 5.74) is 1.40. The number of aromatic nitrogens is 3. The third-order valence-electron chi connectivity index (χ3n) is 3.52. The number of nitrogens with zero attached hydrogens (tertiary/aromatic N) is 4. The highest BCUT2D eigenvalue weighted by Gasteiger charge is 2.23. The van der Waals surface area contributed by atoms with Gasteiger partial charge in [0, 0.05) is 19.2 Å². The maximum Gasteiger partial charge on any atom is 0.274 e. The predicted octanol–water partition coefficient (Wildman–Crippen LogP) is 2.60. The van der Waals surface area contributed by atoms with E-state index in [-0.39, 0.29) is 0 Å². The molecule has 0 bridgehead atoms. The topological polar surface area (TPSA) is 67.6 Å². The van der Waals surface area contributed by atoms with Gasteiger partial charge in [0.05, 0.1) is 5.56 Å². The average Bonchev–Trinajstić information content (AvgIpc) is 3.08. The van der Waals surface area contributed by atoms with Gasteiger partial charge in [-0.25, -0.2) is 0 Å². The van der Waals surface area contributed by atoms with E-state index >= 15 is 0 Å². The van der Waals surface area contributed by atoms with Gasteiger partial charge in [0.2, 0.25) is 0 Å². The average molecular weight is 242 g/mol. The molecule has 0 atom stereocenters. The molecule has 3 rings (SSSR count). The Morgan fingerprint density at radius 1 is 1.44 bits per heavy atom. The van der Waals surface area contributed by atoms with Crippen molar-refractivity contribution in [1.29, 1.82) is 5.26 Å². The molecular weight excluding hydrogens is 228 g/mol. The fourth-order valence-electron chi connectivity index (χ4n) is 2.53. The molecule has 0 saturated heterocycles. The Morgan fingerprint density at radius 3 is 2.89 bits per heavy atom. The maximum atomic E-state index is 8.87. The van der Waals surface area contributed by atoms with Crippen LogP contribution >= 0.6 is 0 Å². The van der Waals surface area contributed by atoms with Crippen LogP contribution in [0.1, 0.15) is 43.0 Å². The molecule has 0 spiro atoms. The van der Waals surface area contributed by atoms with E-state index in [2.05, 4.69) is 16.2 Å². The molecule has 1 aliphatic carbocycles. The minimum Gasteiger partial charge on any atom is -0.345 e. The molecule has 1 aliphatic rings. The number of hydrogen-bond acceptors (Lipinski definition) is 4. The van der Waals surface area contributed by atoms with Crippen molar-refractivity contribution in [2.24, 2.45) is 7.05 Å². The standard InChI is InChI=1S/C13H14N4O/c1-17-8-9(7-14)6-11(17)13-15-12(16-18-13)10-4-2-3-5-10/h6,8,10H,2-5H2,1H3. The molecule has 0 N–H and O–H groups in total. The minimum absolute atomic E-state index is 0.443. The molecular formula is C13H14N4O. The van der Waals surface area contributed by atoms with Crippen molar-refractivity contribution in [3.05, 3.63) is 23.7 Å². The third-order valence-corrected chi connectivity index (χ3v) is 3.52. The zero-order chi connectivity index (χ0) is 12.5. The van der Waals surface area contributed by atoms with E-state index < -0.39 is 0 Å². The summed E-state index contributed by atoms with van der Waals surface area (Å²) in [7, 11) is 1.87. The molecule has 2 aromatic heterocycles. The fourth-order valence-corrected chi connectivity index (χ4v) is 2.53. The molecule has 1 fully saturated rings. The first kappa shape index (κ1) is 11.0. The Kier molecular flexibility index (Phi) is 2.63. The second-order valence-electron chi connectivity index (χ2n) is 4.78. The van der Waals surface area contributed by atoms with Gasteiger partial charge in [-0.1, -0.05) is 18.0 Å². The summed E-state index contributed by atoms with van der Waals surface area (Å²) < 4.78 is 7.15. The summed E-state index contributed by atoms with van der Waals surface area (Å²) in [6.07, 6.45) is 6.55. The lowest BCUT2D eigenvalue weighted by Crippen LogP contribution is -1.95. The molecule has 92 valence electrons. The molecule has 18 heavy (non-hydrogen) atoms. The van der Waals surface area contributed by atoms with Crippen molar-refractivity contribution in [2.75, 3.05) is 0 Å². The van der Waals surface area contributed by atoms with Crippen molar-refractivity contribution in [2.45, 2.75) is 31.6 Å². The van der Waals surface area contributed by atoms with Crippen LogP contribution in [-0.2, 0) is 7.05 Å². The van der Waals surface area contributed by atoms with Crippen molar-refractivity contribution in [3.8, 4) is 17.7 Å². The summed E-state index contributed by atoms with van der Waals surface area (Å²) in [5.74, 6) is 1.75. The Hall–Kier alpha value is -2.09. The van der Waals surface area contributed by atoms with E-state index in [4.69, 9.17) is 9.78 Å². The van der Waals surface area contributed by atoms with Crippen LogP contribution in [-0.4, -0.2) is 14.7 Å². The highest BCUT2D eigenvalue weighted by Crippen LogP contribution is 2.33. The molecule has 2 aromatic rings. The van der Waals surface area contributed by atoms with Crippen LogP contribution in [0.5, 0.6) is 0 Å². The Labute approximate surface area is 105 Å². The fraction of sp³-hybridized carbons (Fsp3) is 0.462. The van der Waals surface area contributed by atoms with Crippen LogP contribution in [0.3, 0.4) is 0 Å². The molecule has 0 unspecified atom stereocenters. The molecule has 0 amide bonds. The maximum absolute atomic E-state index is 8.87. The summed E-state index contributed by atoms with van der Waals surface area (Å²) in [6, 6.07) is 3.88. The van der Waals surface area contributed by atoms with Gasteiger partial charge in [-0.05, 0) is 18.9 Å². The molecule has 1 saturated carbocycles. The van der Waals surface area contributed by atoms with E-state index in [0.29, 0.717) is 17.4 Å². The van der Waals surface area contributed by atoms with Crippen LogP contribution in [0.4, 0.5) is 0 Å². The first-order valence-corrected chi connectivity index (χ1v) is 6.18. The minimum atomic E-state index is 0.443. The zero-order valence-electron chi connectivity index (χ0n) is 10.3. The van der Waals surface area contributed by atoms with Crippen molar-refractivity contribution >= 4 is 0 Å². The zero-order valence-corrected chi connectivity index (χ0v) is 10.3. The first-order chi connectivity index (χ1) is 8.78. The van der Waals surface area contributed by atoms with E-state index in [0.717, 1.165) is 24.4 Å². The lowest BCUT2D eigenvalue weighted by Gasteiger charge is -1.99. The van der Waals surface area contributed by atoms with Crippen LogP contribution in [0.2, 0.25) is 0 Å². The first-order valence-electron chi connectivity index (χ1n) is 6.18. The van der Waals surface area contributed by atoms with Crippen LogP contribution in [0.15, 0.2) is 16.8 Å². The molecule has 0 aromatic carbocycles. The third kappa shape index (κ3) is 1.80. The highest BCUT2D eigenvalue weighted by molar-refractivity contribution is 5.52. The van der Waals surface area contributed by atoms with Crippen molar-refractivity contribution in [1.82, 2.24) is 14.7 Å². The summed E-state index contributed by atoms with van der Waals surface area (Å²) in [6.45, 7) is 0. The van der Waals surface area contributed by atoms with E-state index in [1.54, 1.807) is 12.3 Å². The van der Waals surface area contributed by atoms with Gasteiger partial charge in [0.15, 0.2) is 5.82 Å². The Balaban J connectivity index is 1.92.